The van der Waals surface area contributed by atoms with E-state index in [1.54, 1.807) is 0 Å². The molecule has 1 nitrogen and oxygen atoms in total. The second kappa shape index (κ2) is 5.52. The fourth-order valence-electron chi connectivity index (χ4n) is 1.26. The summed E-state index contributed by atoms with van der Waals surface area (Å²) in [6.07, 6.45) is 1.12. The fraction of sp³-hybridized carbons (Fsp3) is 0.500. The van der Waals surface area contributed by atoms with Gasteiger partial charge in [-0.25, -0.2) is 0 Å². The molecule has 0 bridgehead atoms. The molecule has 0 amide bonds. The lowest BCUT2D eigenvalue weighted by Crippen LogP contribution is -2.28. The number of rotatable bonds is 4. The van der Waals surface area contributed by atoms with E-state index in [1.807, 2.05) is 0 Å². The summed E-state index contributed by atoms with van der Waals surface area (Å²) < 4.78 is 1.17. The van der Waals surface area contributed by atoms with Crippen LogP contribution in [0.4, 0.5) is 0 Å². The fourth-order valence-corrected chi connectivity index (χ4v) is 1.70. The summed E-state index contributed by atoms with van der Waals surface area (Å²) in [7, 11) is 2.17. The molecular formula is C12H18BrN. The van der Waals surface area contributed by atoms with Crippen LogP contribution >= 0.6 is 15.9 Å². The third-order valence-corrected chi connectivity index (χ3v) is 3.02. The predicted molar refractivity (Wildman–Crippen MR) is 65.6 cm³/mol. The van der Waals surface area contributed by atoms with Crippen molar-refractivity contribution in [2.75, 3.05) is 13.6 Å². The molecule has 2 heteroatoms. The SMILES string of the molecule is CC(C)N(C)CCc1cccc(Br)c1. The predicted octanol–water partition coefficient (Wildman–Crippen LogP) is 3.33. The third-order valence-electron chi connectivity index (χ3n) is 2.52. The molecule has 0 aromatic heterocycles. The van der Waals surface area contributed by atoms with Crippen LogP contribution in [0.3, 0.4) is 0 Å². The summed E-state index contributed by atoms with van der Waals surface area (Å²) in [5.74, 6) is 0. The van der Waals surface area contributed by atoms with E-state index in [1.165, 1.54) is 10.0 Å². The maximum atomic E-state index is 3.48. The minimum Gasteiger partial charge on any atom is -0.304 e. The number of nitrogens with zero attached hydrogens (tertiary/aromatic N) is 1. The van der Waals surface area contributed by atoms with E-state index < -0.39 is 0 Å². The molecule has 14 heavy (non-hydrogen) atoms. The topological polar surface area (TPSA) is 3.24 Å². The summed E-state index contributed by atoms with van der Waals surface area (Å²) in [5.41, 5.74) is 1.40. The molecule has 1 rings (SSSR count). The average molecular weight is 256 g/mol. The molecule has 0 unspecified atom stereocenters. The zero-order valence-electron chi connectivity index (χ0n) is 9.13. The summed E-state index contributed by atoms with van der Waals surface area (Å²) in [6.45, 7) is 5.57. The van der Waals surface area contributed by atoms with Gasteiger partial charge in [0.2, 0.25) is 0 Å². The lowest BCUT2D eigenvalue weighted by Gasteiger charge is -2.20. The first-order valence-corrected chi connectivity index (χ1v) is 5.83. The van der Waals surface area contributed by atoms with Crippen molar-refractivity contribution in [2.24, 2.45) is 0 Å². The minimum atomic E-state index is 0.627. The van der Waals surface area contributed by atoms with Crippen molar-refractivity contribution >= 4 is 15.9 Å². The first-order valence-electron chi connectivity index (χ1n) is 5.04. The second-order valence-corrected chi connectivity index (χ2v) is 4.87. The van der Waals surface area contributed by atoms with Gasteiger partial charge in [0.05, 0.1) is 0 Å². The highest BCUT2D eigenvalue weighted by molar-refractivity contribution is 9.10. The lowest BCUT2D eigenvalue weighted by atomic mass is 10.1. The van der Waals surface area contributed by atoms with Crippen molar-refractivity contribution in [1.82, 2.24) is 4.90 Å². The first kappa shape index (κ1) is 11.7. The van der Waals surface area contributed by atoms with Gasteiger partial charge in [0.25, 0.3) is 0 Å². The number of likely N-dealkylation sites (N-methyl/N-ethyl adjacent to an activating group) is 1. The molecule has 0 radical (unpaired) electrons. The van der Waals surface area contributed by atoms with E-state index in [-0.39, 0.29) is 0 Å². The second-order valence-electron chi connectivity index (χ2n) is 3.95. The highest BCUT2D eigenvalue weighted by atomic mass is 79.9. The van der Waals surface area contributed by atoms with Crippen molar-refractivity contribution < 1.29 is 0 Å². The van der Waals surface area contributed by atoms with E-state index in [9.17, 15) is 0 Å². The normalized spacial score (nSPS) is 11.3. The van der Waals surface area contributed by atoms with Gasteiger partial charge in [0.1, 0.15) is 0 Å². The van der Waals surface area contributed by atoms with E-state index in [0.29, 0.717) is 6.04 Å². The van der Waals surface area contributed by atoms with Gasteiger partial charge in [0.15, 0.2) is 0 Å². The molecule has 0 aliphatic rings. The van der Waals surface area contributed by atoms with Crippen LogP contribution in [-0.4, -0.2) is 24.5 Å². The van der Waals surface area contributed by atoms with Gasteiger partial charge in [-0.05, 0) is 45.0 Å². The zero-order chi connectivity index (χ0) is 10.6. The quantitative estimate of drug-likeness (QED) is 0.798. The van der Waals surface area contributed by atoms with Gasteiger partial charge < -0.3 is 4.90 Å². The Balaban J connectivity index is 2.45. The van der Waals surface area contributed by atoms with Gasteiger partial charge in [-0.3, -0.25) is 0 Å². The van der Waals surface area contributed by atoms with Gasteiger partial charge in [0, 0.05) is 17.1 Å². The van der Waals surface area contributed by atoms with Crippen LogP contribution in [0, 0.1) is 0 Å². The van der Waals surface area contributed by atoms with Crippen molar-refractivity contribution in [3.63, 3.8) is 0 Å². The van der Waals surface area contributed by atoms with Gasteiger partial charge in [-0.15, -0.1) is 0 Å². The van der Waals surface area contributed by atoms with Gasteiger partial charge in [-0.2, -0.15) is 0 Å². The maximum absolute atomic E-state index is 3.48. The molecule has 0 atom stereocenters. The Hall–Kier alpha value is -0.340. The Labute approximate surface area is 95.2 Å². The summed E-state index contributed by atoms with van der Waals surface area (Å²) >= 11 is 3.48. The van der Waals surface area contributed by atoms with Crippen LogP contribution in [-0.2, 0) is 6.42 Å². The van der Waals surface area contributed by atoms with E-state index >= 15 is 0 Å². The lowest BCUT2D eigenvalue weighted by molar-refractivity contribution is 0.277. The number of hydrogen-bond donors (Lipinski definition) is 0. The number of halogens is 1. The van der Waals surface area contributed by atoms with Crippen molar-refractivity contribution in [3.8, 4) is 0 Å². The Kier molecular flexibility index (Phi) is 4.63. The van der Waals surface area contributed by atoms with Crippen molar-refractivity contribution in [1.29, 1.82) is 0 Å². The van der Waals surface area contributed by atoms with Gasteiger partial charge >= 0.3 is 0 Å². The molecule has 1 aromatic rings. The van der Waals surface area contributed by atoms with E-state index in [0.717, 1.165) is 13.0 Å². The van der Waals surface area contributed by atoms with E-state index in [4.69, 9.17) is 0 Å². The summed E-state index contributed by atoms with van der Waals surface area (Å²) in [5, 5.41) is 0. The largest absolute Gasteiger partial charge is 0.304 e. The Morgan fingerprint density at radius 3 is 2.64 bits per heavy atom. The molecule has 0 saturated carbocycles. The van der Waals surface area contributed by atoms with Crippen LogP contribution in [0.15, 0.2) is 28.7 Å². The molecule has 0 N–H and O–H groups in total. The molecule has 0 aliphatic carbocycles. The van der Waals surface area contributed by atoms with Crippen LogP contribution < -0.4 is 0 Å². The zero-order valence-corrected chi connectivity index (χ0v) is 10.7. The van der Waals surface area contributed by atoms with Crippen LogP contribution in [0.5, 0.6) is 0 Å². The standard InChI is InChI=1S/C12H18BrN/c1-10(2)14(3)8-7-11-5-4-6-12(13)9-11/h4-6,9-10H,7-8H2,1-3H3. The summed E-state index contributed by atoms with van der Waals surface area (Å²) in [6, 6.07) is 9.15. The molecule has 1 aromatic carbocycles. The van der Waals surface area contributed by atoms with Crippen LogP contribution in [0.2, 0.25) is 0 Å². The molecule has 0 fully saturated rings. The smallest absolute Gasteiger partial charge is 0.0178 e. The number of hydrogen-bond acceptors (Lipinski definition) is 1. The Morgan fingerprint density at radius 2 is 2.07 bits per heavy atom. The van der Waals surface area contributed by atoms with Crippen molar-refractivity contribution in [2.45, 2.75) is 26.3 Å². The molecule has 0 heterocycles. The Morgan fingerprint density at radius 1 is 1.36 bits per heavy atom. The average Bonchev–Trinajstić information content (AvgIpc) is 2.14. The first-order chi connectivity index (χ1) is 6.59. The summed E-state index contributed by atoms with van der Waals surface area (Å²) in [4.78, 5) is 2.36. The highest BCUT2D eigenvalue weighted by Crippen LogP contribution is 2.12. The highest BCUT2D eigenvalue weighted by Gasteiger charge is 2.02. The maximum Gasteiger partial charge on any atom is 0.0178 e. The molecule has 0 aliphatic heterocycles. The minimum absolute atomic E-state index is 0.627. The molecule has 78 valence electrons. The van der Waals surface area contributed by atoms with Gasteiger partial charge in [-0.1, -0.05) is 28.1 Å². The monoisotopic (exact) mass is 255 g/mol. The van der Waals surface area contributed by atoms with Crippen LogP contribution in [0.1, 0.15) is 19.4 Å². The van der Waals surface area contributed by atoms with E-state index in [2.05, 4.69) is 66.0 Å². The molecular weight excluding hydrogens is 238 g/mol. The molecule has 0 saturated heterocycles. The Bertz CT molecular complexity index is 283. The van der Waals surface area contributed by atoms with Crippen molar-refractivity contribution in [3.05, 3.63) is 34.3 Å². The number of benzene rings is 1. The third kappa shape index (κ3) is 3.81. The molecule has 0 spiro atoms. The van der Waals surface area contributed by atoms with Crippen LogP contribution in [0.25, 0.3) is 0 Å².